The minimum atomic E-state index is -1.08. The number of rotatable bonds is 15. The summed E-state index contributed by atoms with van der Waals surface area (Å²) in [6, 6.07) is 0. The summed E-state index contributed by atoms with van der Waals surface area (Å²) < 4.78 is 0. The number of hydrogen-bond acceptors (Lipinski definition) is 1. The van der Waals surface area contributed by atoms with Crippen molar-refractivity contribution < 1.29 is 9.90 Å². The van der Waals surface area contributed by atoms with E-state index in [-0.39, 0.29) is 0 Å². The van der Waals surface area contributed by atoms with Crippen molar-refractivity contribution in [1.29, 1.82) is 0 Å². The van der Waals surface area contributed by atoms with Gasteiger partial charge in [0.15, 0.2) is 0 Å². The number of unbranched alkanes of at least 4 members (excludes halogenated alkanes) is 15. The Kier molecular flexibility index (Phi) is 19.5. The number of hydrogen-bond donors (Lipinski definition) is 1. The van der Waals surface area contributed by atoms with Crippen molar-refractivity contribution in [2.45, 2.75) is 116 Å². The highest BCUT2D eigenvalue weighted by molar-refractivity contribution is 5.86. The molecule has 0 aromatic rings. The van der Waals surface area contributed by atoms with Crippen molar-refractivity contribution in [1.82, 2.24) is 0 Å². The molecule has 0 rings (SSSR count). The van der Waals surface area contributed by atoms with Gasteiger partial charge in [0.05, 0.1) is 6.42 Å². The van der Waals surface area contributed by atoms with Crippen LogP contribution in [-0.4, -0.2) is 11.1 Å². The lowest BCUT2D eigenvalue weighted by Gasteiger charge is -2.03. The van der Waals surface area contributed by atoms with Crippen LogP contribution in [0.25, 0.3) is 0 Å². The van der Waals surface area contributed by atoms with Gasteiger partial charge in [0.25, 0.3) is 0 Å². The van der Waals surface area contributed by atoms with Gasteiger partial charge in [-0.15, -0.1) is 5.92 Å². The number of carbonyl (C=O) groups is 1. The molecular formula is C23H38O2. The summed E-state index contributed by atoms with van der Waals surface area (Å²) in [7, 11) is 0. The van der Waals surface area contributed by atoms with Gasteiger partial charge in [0, 0.05) is 12.3 Å². The Morgan fingerprint density at radius 2 is 1.08 bits per heavy atom. The van der Waals surface area contributed by atoms with Gasteiger partial charge in [0.1, 0.15) is 0 Å². The van der Waals surface area contributed by atoms with E-state index in [0.717, 1.165) is 12.8 Å². The van der Waals surface area contributed by atoms with Crippen molar-refractivity contribution in [3.05, 3.63) is 0 Å². The molecule has 0 aliphatic heterocycles. The van der Waals surface area contributed by atoms with Crippen LogP contribution in [-0.2, 0) is 4.79 Å². The van der Waals surface area contributed by atoms with Gasteiger partial charge in [-0.1, -0.05) is 109 Å². The fraction of sp³-hybridized carbons (Fsp3) is 0.783. The average molecular weight is 347 g/mol. The van der Waals surface area contributed by atoms with Gasteiger partial charge in [-0.05, 0) is 6.42 Å². The van der Waals surface area contributed by atoms with E-state index in [4.69, 9.17) is 5.11 Å². The minimum Gasteiger partial charge on any atom is -0.472 e. The summed E-state index contributed by atoms with van der Waals surface area (Å²) in [5, 5.41) is 8.34. The van der Waals surface area contributed by atoms with Crippen molar-refractivity contribution in [2.75, 3.05) is 0 Å². The molecule has 142 valence electrons. The molecule has 0 saturated heterocycles. The predicted molar refractivity (Wildman–Crippen MR) is 107 cm³/mol. The SMILES string of the molecule is CCCCCCCCCCCCCCCCCC#CCC#CC(=O)O. The maximum absolute atomic E-state index is 10.2. The lowest BCUT2D eigenvalue weighted by molar-refractivity contribution is -0.130. The van der Waals surface area contributed by atoms with E-state index in [1.54, 1.807) is 0 Å². The lowest BCUT2D eigenvalue weighted by Crippen LogP contribution is -1.85. The van der Waals surface area contributed by atoms with Crippen molar-refractivity contribution in [2.24, 2.45) is 0 Å². The average Bonchev–Trinajstić information content (AvgIpc) is 2.60. The van der Waals surface area contributed by atoms with Gasteiger partial charge >= 0.3 is 5.97 Å². The first kappa shape index (κ1) is 23.6. The standard InChI is InChI=1S/C23H38O2/c1-2-3-4-5-6-7-8-9-10-11-12-13-14-15-16-17-18-19-20-21-22-23(24)25/h2-17,20H2,1H3,(H,24,25). The Labute approximate surface area is 156 Å². The summed E-state index contributed by atoms with van der Waals surface area (Å²) in [5.41, 5.74) is 0. The van der Waals surface area contributed by atoms with Crippen LogP contribution in [0.15, 0.2) is 0 Å². The molecule has 1 N–H and O–H groups in total. The Morgan fingerprint density at radius 3 is 1.52 bits per heavy atom. The van der Waals surface area contributed by atoms with E-state index in [1.807, 2.05) is 0 Å². The minimum absolute atomic E-state index is 0.366. The van der Waals surface area contributed by atoms with Crippen LogP contribution in [0, 0.1) is 23.7 Å². The van der Waals surface area contributed by atoms with E-state index >= 15 is 0 Å². The third-order valence-electron chi connectivity index (χ3n) is 4.40. The molecule has 0 spiro atoms. The second-order valence-electron chi connectivity index (χ2n) is 6.84. The molecular weight excluding hydrogens is 308 g/mol. The Bertz CT molecular complexity index is 417. The van der Waals surface area contributed by atoms with Crippen LogP contribution in [0.2, 0.25) is 0 Å². The topological polar surface area (TPSA) is 37.3 Å². The van der Waals surface area contributed by atoms with Crippen LogP contribution in [0.4, 0.5) is 0 Å². The summed E-state index contributed by atoms with van der Waals surface area (Å²) in [6.45, 7) is 2.28. The normalized spacial score (nSPS) is 9.80. The fourth-order valence-electron chi connectivity index (χ4n) is 2.90. The van der Waals surface area contributed by atoms with Crippen LogP contribution in [0.3, 0.4) is 0 Å². The molecule has 0 aliphatic carbocycles. The number of carboxylic acid groups (broad SMARTS) is 1. The molecule has 0 unspecified atom stereocenters. The maximum atomic E-state index is 10.2. The molecule has 0 atom stereocenters. The summed E-state index contributed by atoms with van der Waals surface area (Å²) >= 11 is 0. The highest BCUT2D eigenvalue weighted by Gasteiger charge is 1.94. The van der Waals surface area contributed by atoms with E-state index < -0.39 is 5.97 Å². The monoisotopic (exact) mass is 346 g/mol. The summed E-state index contributed by atoms with van der Waals surface area (Å²) in [6.07, 6.45) is 21.9. The number of carboxylic acids is 1. The predicted octanol–water partition coefficient (Wildman–Crippen LogP) is 6.73. The van der Waals surface area contributed by atoms with E-state index in [1.165, 1.54) is 89.9 Å². The first-order valence-electron chi connectivity index (χ1n) is 10.4. The van der Waals surface area contributed by atoms with Gasteiger partial charge in [-0.2, -0.15) is 0 Å². The Hall–Kier alpha value is -1.41. The zero-order valence-corrected chi connectivity index (χ0v) is 16.4. The second-order valence-corrected chi connectivity index (χ2v) is 6.84. The van der Waals surface area contributed by atoms with Gasteiger partial charge < -0.3 is 5.11 Å². The van der Waals surface area contributed by atoms with Gasteiger partial charge in [-0.3, -0.25) is 0 Å². The molecule has 0 amide bonds. The van der Waals surface area contributed by atoms with Crippen molar-refractivity contribution in [3.63, 3.8) is 0 Å². The Morgan fingerprint density at radius 1 is 0.640 bits per heavy atom. The summed E-state index contributed by atoms with van der Waals surface area (Å²) in [5.74, 6) is 9.47. The molecule has 0 fully saturated rings. The van der Waals surface area contributed by atoms with Crippen LogP contribution >= 0.6 is 0 Å². The highest BCUT2D eigenvalue weighted by atomic mass is 16.4. The molecule has 25 heavy (non-hydrogen) atoms. The van der Waals surface area contributed by atoms with Crippen molar-refractivity contribution >= 4 is 5.97 Å². The molecule has 0 radical (unpaired) electrons. The zero-order chi connectivity index (χ0) is 18.4. The molecule has 0 aromatic heterocycles. The maximum Gasteiger partial charge on any atom is 0.381 e. The fourth-order valence-corrected chi connectivity index (χ4v) is 2.90. The smallest absolute Gasteiger partial charge is 0.381 e. The third kappa shape index (κ3) is 22.6. The first-order chi connectivity index (χ1) is 12.3. The lowest BCUT2D eigenvalue weighted by atomic mass is 10.0. The molecule has 0 heterocycles. The Balaban J connectivity index is 3.13. The molecule has 0 bridgehead atoms. The third-order valence-corrected chi connectivity index (χ3v) is 4.40. The molecule has 2 nitrogen and oxygen atoms in total. The summed E-state index contributed by atoms with van der Waals surface area (Å²) in [4.78, 5) is 10.2. The van der Waals surface area contributed by atoms with E-state index in [0.29, 0.717) is 6.42 Å². The molecule has 0 aromatic carbocycles. The van der Waals surface area contributed by atoms with Crippen LogP contribution in [0.5, 0.6) is 0 Å². The van der Waals surface area contributed by atoms with Gasteiger partial charge in [-0.25, -0.2) is 4.79 Å². The second kappa shape index (κ2) is 20.6. The van der Waals surface area contributed by atoms with Gasteiger partial charge in [0.2, 0.25) is 0 Å². The largest absolute Gasteiger partial charge is 0.472 e. The molecule has 0 saturated carbocycles. The zero-order valence-electron chi connectivity index (χ0n) is 16.4. The number of aliphatic carboxylic acids is 1. The van der Waals surface area contributed by atoms with Crippen LogP contribution in [0.1, 0.15) is 116 Å². The van der Waals surface area contributed by atoms with Crippen LogP contribution < -0.4 is 0 Å². The highest BCUT2D eigenvalue weighted by Crippen LogP contribution is 2.13. The molecule has 2 heteroatoms. The first-order valence-corrected chi connectivity index (χ1v) is 10.4. The van der Waals surface area contributed by atoms with E-state index in [9.17, 15) is 4.79 Å². The quantitative estimate of drug-likeness (QED) is 0.264. The van der Waals surface area contributed by atoms with Crippen molar-refractivity contribution in [3.8, 4) is 23.7 Å². The van der Waals surface area contributed by atoms with E-state index in [2.05, 4.69) is 30.6 Å². The molecule has 0 aliphatic rings.